The van der Waals surface area contributed by atoms with Crippen molar-refractivity contribution < 1.29 is 17.9 Å². The van der Waals surface area contributed by atoms with Gasteiger partial charge in [0.1, 0.15) is 11.9 Å². The van der Waals surface area contributed by atoms with Crippen LogP contribution in [0.5, 0.6) is 0 Å². The molecule has 0 saturated carbocycles. The summed E-state index contributed by atoms with van der Waals surface area (Å²) >= 11 is 1.27. The summed E-state index contributed by atoms with van der Waals surface area (Å²) in [5.74, 6) is 0.0857. The molecule has 1 unspecified atom stereocenters. The first-order valence-electron chi connectivity index (χ1n) is 9.70. The van der Waals surface area contributed by atoms with E-state index in [1.54, 1.807) is 42.5 Å². The number of thioether (sulfide) groups is 1. The topological polar surface area (TPSA) is 93.4 Å². The Morgan fingerprint density at radius 1 is 1.03 bits per heavy atom. The minimum absolute atomic E-state index is 0.0277. The van der Waals surface area contributed by atoms with Gasteiger partial charge in [-0.2, -0.15) is 9.04 Å². The first-order valence-corrected chi connectivity index (χ1v) is 12.2. The molecule has 1 amide bonds. The quantitative estimate of drug-likeness (QED) is 0.455. The zero-order valence-electron chi connectivity index (χ0n) is 16.5. The summed E-state index contributed by atoms with van der Waals surface area (Å²) < 4.78 is 28.3. The lowest BCUT2D eigenvalue weighted by Crippen LogP contribution is -2.45. The third kappa shape index (κ3) is 4.58. The minimum Gasteiger partial charge on any atom is -0.618 e. The van der Waals surface area contributed by atoms with Gasteiger partial charge in [0, 0.05) is 24.4 Å². The summed E-state index contributed by atoms with van der Waals surface area (Å²) in [5, 5.41) is 13.6. The first-order chi connectivity index (χ1) is 15.0. The van der Waals surface area contributed by atoms with Gasteiger partial charge in [-0.15, -0.1) is 11.8 Å². The third-order valence-electron chi connectivity index (χ3n) is 4.99. The lowest BCUT2D eigenvalue weighted by Gasteiger charge is -2.22. The highest BCUT2D eigenvalue weighted by atomic mass is 32.2. The number of carbonyl (C=O) groups excluding carboxylic acids is 1. The molecule has 160 valence electrons. The number of rotatable bonds is 6. The second-order valence-electron chi connectivity index (χ2n) is 6.96. The Morgan fingerprint density at radius 2 is 1.71 bits per heavy atom. The Hall–Kier alpha value is -2.88. The van der Waals surface area contributed by atoms with E-state index in [1.165, 1.54) is 22.3 Å². The molecule has 1 saturated heterocycles. The average Bonchev–Trinajstić information content (AvgIpc) is 3.30. The van der Waals surface area contributed by atoms with Crippen LogP contribution in [0.25, 0.3) is 11.1 Å². The Balaban J connectivity index is 1.49. The number of pyridine rings is 1. The van der Waals surface area contributed by atoms with Crippen LogP contribution in [0, 0.1) is 5.21 Å². The van der Waals surface area contributed by atoms with Crippen molar-refractivity contribution in [3.8, 4) is 11.1 Å². The Bertz CT molecular complexity index is 1170. The summed E-state index contributed by atoms with van der Waals surface area (Å²) in [4.78, 5) is 12.9. The fourth-order valence-electron chi connectivity index (χ4n) is 3.36. The summed E-state index contributed by atoms with van der Waals surface area (Å²) in [6.45, 7) is 0.276. The van der Waals surface area contributed by atoms with Gasteiger partial charge in [0.25, 0.3) is 0 Å². The lowest BCUT2D eigenvalue weighted by molar-refractivity contribution is -0.614. The Labute approximate surface area is 185 Å². The summed E-state index contributed by atoms with van der Waals surface area (Å²) in [7, 11) is -3.84. The number of carbonyl (C=O) groups is 1. The molecule has 2 aromatic carbocycles. The molecular formula is C22H21N3O4S2. The van der Waals surface area contributed by atoms with Crippen LogP contribution in [0.15, 0.2) is 83.9 Å². The standard InChI is InChI=1S/C22H21N3O4S2/c26-21(23-16-19-8-4-5-13-24(19)27)22-25(14-15-30-22)31(28,29)20-11-9-18(10-12-20)17-6-2-1-3-7-17/h1-13,22H,14-16H2,(H,23,26). The molecule has 0 radical (unpaired) electrons. The fourth-order valence-corrected chi connectivity index (χ4v) is 6.46. The largest absolute Gasteiger partial charge is 0.618 e. The van der Waals surface area contributed by atoms with E-state index in [4.69, 9.17) is 0 Å². The number of nitrogens with zero attached hydrogens (tertiary/aromatic N) is 2. The van der Waals surface area contributed by atoms with E-state index in [-0.39, 0.29) is 18.0 Å². The lowest BCUT2D eigenvalue weighted by atomic mass is 10.1. The number of sulfonamides is 1. The van der Waals surface area contributed by atoms with E-state index in [9.17, 15) is 18.4 Å². The van der Waals surface area contributed by atoms with Crippen molar-refractivity contribution in [2.24, 2.45) is 0 Å². The van der Waals surface area contributed by atoms with Crippen LogP contribution in [0.1, 0.15) is 5.69 Å². The minimum atomic E-state index is -3.84. The molecule has 9 heteroatoms. The molecule has 0 bridgehead atoms. The molecule has 1 aromatic heterocycles. The van der Waals surface area contributed by atoms with E-state index >= 15 is 0 Å². The maximum absolute atomic E-state index is 13.2. The molecule has 7 nitrogen and oxygen atoms in total. The van der Waals surface area contributed by atoms with Gasteiger partial charge in [-0.3, -0.25) is 4.79 Å². The van der Waals surface area contributed by atoms with Crippen molar-refractivity contribution in [1.82, 2.24) is 9.62 Å². The van der Waals surface area contributed by atoms with E-state index in [0.717, 1.165) is 11.1 Å². The molecule has 2 heterocycles. The monoisotopic (exact) mass is 455 g/mol. The van der Waals surface area contributed by atoms with Crippen molar-refractivity contribution in [1.29, 1.82) is 0 Å². The first kappa shape index (κ1) is 21.4. The number of nitrogens with one attached hydrogen (secondary N) is 1. The molecule has 0 spiro atoms. The van der Waals surface area contributed by atoms with Crippen LogP contribution in [0.4, 0.5) is 0 Å². The van der Waals surface area contributed by atoms with E-state index < -0.39 is 21.3 Å². The predicted octanol–water partition coefficient (Wildman–Crippen LogP) is 2.37. The second-order valence-corrected chi connectivity index (χ2v) is 10.0. The van der Waals surface area contributed by atoms with Crippen LogP contribution in [-0.2, 0) is 21.4 Å². The van der Waals surface area contributed by atoms with Crippen molar-refractivity contribution in [3.05, 3.63) is 89.9 Å². The predicted molar refractivity (Wildman–Crippen MR) is 119 cm³/mol. The van der Waals surface area contributed by atoms with Gasteiger partial charge in [-0.25, -0.2) is 8.42 Å². The SMILES string of the molecule is O=C(NCc1cccc[n+]1[O-])C1SCCN1S(=O)(=O)c1ccc(-c2ccccc2)cc1. The Morgan fingerprint density at radius 3 is 2.42 bits per heavy atom. The van der Waals surface area contributed by atoms with Crippen molar-refractivity contribution in [3.63, 3.8) is 0 Å². The van der Waals surface area contributed by atoms with Gasteiger partial charge in [0.2, 0.25) is 21.6 Å². The molecule has 31 heavy (non-hydrogen) atoms. The number of hydrogen-bond acceptors (Lipinski definition) is 5. The smallest absolute Gasteiger partial charge is 0.249 e. The molecule has 4 rings (SSSR count). The highest BCUT2D eigenvalue weighted by Crippen LogP contribution is 2.31. The molecule has 1 atom stereocenters. The van der Waals surface area contributed by atoms with Gasteiger partial charge in [0.15, 0.2) is 6.20 Å². The second kappa shape index (κ2) is 9.09. The van der Waals surface area contributed by atoms with Crippen molar-refractivity contribution >= 4 is 27.7 Å². The maximum atomic E-state index is 13.2. The molecule has 1 N–H and O–H groups in total. The number of aromatic nitrogens is 1. The van der Waals surface area contributed by atoms with Gasteiger partial charge >= 0.3 is 0 Å². The van der Waals surface area contributed by atoms with Gasteiger partial charge in [0.05, 0.1) is 4.90 Å². The van der Waals surface area contributed by atoms with E-state index in [0.29, 0.717) is 16.2 Å². The average molecular weight is 456 g/mol. The highest BCUT2D eigenvalue weighted by Gasteiger charge is 2.40. The number of hydrogen-bond donors (Lipinski definition) is 1. The van der Waals surface area contributed by atoms with Crippen LogP contribution in [0.2, 0.25) is 0 Å². The third-order valence-corrected chi connectivity index (χ3v) is 8.20. The van der Waals surface area contributed by atoms with Crippen LogP contribution in [-0.4, -0.2) is 36.3 Å². The molecule has 0 aliphatic carbocycles. The number of benzene rings is 2. The Kier molecular flexibility index (Phi) is 6.26. The van der Waals surface area contributed by atoms with Gasteiger partial charge in [-0.1, -0.05) is 42.5 Å². The van der Waals surface area contributed by atoms with Gasteiger partial charge < -0.3 is 10.5 Å². The molecule has 1 aliphatic heterocycles. The van der Waals surface area contributed by atoms with Crippen molar-refractivity contribution in [2.45, 2.75) is 16.8 Å². The van der Waals surface area contributed by atoms with E-state index in [2.05, 4.69) is 5.32 Å². The van der Waals surface area contributed by atoms with Crippen LogP contribution < -0.4 is 10.0 Å². The summed E-state index contributed by atoms with van der Waals surface area (Å²) in [6.07, 6.45) is 1.35. The van der Waals surface area contributed by atoms with Crippen LogP contribution >= 0.6 is 11.8 Å². The highest BCUT2D eigenvalue weighted by molar-refractivity contribution is 8.02. The fraction of sp³-hybridized carbons (Fsp3) is 0.182. The summed E-state index contributed by atoms with van der Waals surface area (Å²) in [6, 6.07) is 21.3. The molecule has 1 aliphatic rings. The summed E-state index contributed by atoms with van der Waals surface area (Å²) in [5.41, 5.74) is 2.29. The normalized spacial score (nSPS) is 16.8. The molecular weight excluding hydrogens is 434 g/mol. The van der Waals surface area contributed by atoms with Crippen LogP contribution in [0.3, 0.4) is 0 Å². The van der Waals surface area contributed by atoms with Crippen molar-refractivity contribution in [2.75, 3.05) is 12.3 Å². The number of amides is 1. The van der Waals surface area contributed by atoms with Gasteiger partial charge in [-0.05, 0) is 29.3 Å². The van der Waals surface area contributed by atoms with E-state index in [1.807, 2.05) is 30.3 Å². The molecule has 1 fully saturated rings. The zero-order chi connectivity index (χ0) is 21.8. The zero-order valence-corrected chi connectivity index (χ0v) is 18.2. The molecule has 3 aromatic rings. The maximum Gasteiger partial charge on any atom is 0.249 e.